The van der Waals surface area contributed by atoms with Gasteiger partial charge in [0.1, 0.15) is 6.61 Å². The molecular formula is C20H27O5P. The third-order valence-electron chi connectivity index (χ3n) is 4.21. The van der Waals surface area contributed by atoms with Gasteiger partial charge < -0.3 is 4.74 Å². The summed E-state index contributed by atoms with van der Waals surface area (Å²) in [5.41, 5.74) is 4.20. The van der Waals surface area contributed by atoms with Crippen molar-refractivity contribution in [3.63, 3.8) is 0 Å². The summed E-state index contributed by atoms with van der Waals surface area (Å²) in [6.07, 6.45) is 5.31. The second-order valence-corrected chi connectivity index (χ2v) is 7.94. The van der Waals surface area contributed by atoms with E-state index >= 15 is 0 Å². The van der Waals surface area contributed by atoms with Crippen molar-refractivity contribution in [1.29, 1.82) is 0 Å². The quantitative estimate of drug-likeness (QED) is 0.384. The van der Waals surface area contributed by atoms with Gasteiger partial charge in [-0.25, -0.2) is 4.57 Å². The third-order valence-corrected chi connectivity index (χ3v) is 5.79. The van der Waals surface area contributed by atoms with E-state index < -0.39 is 7.60 Å². The van der Waals surface area contributed by atoms with Crippen LogP contribution < -0.4 is 0 Å². The summed E-state index contributed by atoms with van der Waals surface area (Å²) in [5, 5.41) is 0. The summed E-state index contributed by atoms with van der Waals surface area (Å²) >= 11 is 0. The van der Waals surface area contributed by atoms with E-state index in [-0.39, 0.29) is 31.7 Å². The van der Waals surface area contributed by atoms with Crippen LogP contribution in [0.1, 0.15) is 57.1 Å². The van der Waals surface area contributed by atoms with Crippen molar-refractivity contribution in [2.75, 3.05) is 13.2 Å². The molecule has 1 aliphatic carbocycles. The third kappa shape index (κ3) is 6.61. The molecule has 0 amide bonds. The topological polar surface area (TPSA) is 61.8 Å². The van der Waals surface area contributed by atoms with Crippen LogP contribution in [-0.2, 0) is 29.8 Å². The molecule has 6 heteroatoms. The first kappa shape index (κ1) is 20.7. The first-order chi connectivity index (χ1) is 12.6. The van der Waals surface area contributed by atoms with Crippen LogP contribution in [0.5, 0.6) is 0 Å². The lowest BCUT2D eigenvalue weighted by Crippen LogP contribution is -2.20. The van der Waals surface area contributed by atoms with Crippen LogP contribution in [0.3, 0.4) is 0 Å². The zero-order valence-electron chi connectivity index (χ0n) is 15.5. The van der Waals surface area contributed by atoms with Gasteiger partial charge in [0.05, 0.1) is 19.1 Å². The highest BCUT2D eigenvalue weighted by Gasteiger charge is 2.22. The minimum atomic E-state index is -3.37. The molecule has 0 saturated heterocycles. The lowest BCUT2D eigenvalue weighted by atomic mass is 9.89. The summed E-state index contributed by atoms with van der Waals surface area (Å²) < 4.78 is 28.0. The fourth-order valence-corrected chi connectivity index (χ4v) is 4.02. The standard InChI is InChI=1S/C20H27O5P/c1-3-24-26(22,25-4-2)15-14-17-10-12-18(13-11-17)16-23-20(21)19-8-6-5-7-9-19/h10-13,19H,3-9,16H2,1-2H3. The van der Waals surface area contributed by atoms with Gasteiger partial charge in [-0.15, -0.1) is 0 Å². The Balaban J connectivity index is 1.90. The Labute approximate surface area is 155 Å². The van der Waals surface area contributed by atoms with Gasteiger partial charge in [-0.3, -0.25) is 13.8 Å². The van der Waals surface area contributed by atoms with Crippen molar-refractivity contribution >= 4 is 13.6 Å². The van der Waals surface area contributed by atoms with E-state index in [0.29, 0.717) is 5.56 Å². The lowest BCUT2D eigenvalue weighted by Gasteiger charge is -2.19. The number of rotatable bonds is 7. The number of benzene rings is 1. The van der Waals surface area contributed by atoms with Crippen LogP contribution in [0.15, 0.2) is 24.3 Å². The van der Waals surface area contributed by atoms with Crippen LogP contribution in [0.4, 0.5) is 0 Å². The molecule has 1 aliphatic rings. The van der Waals surface area contributed by atoms with Gasteiger partial charge in [-0.05, 0) is 44.4 Å². The minimum absolute atomic E-state index is 0.0557. The summed E-state index contributed by atoms with van der Waals surface area (Å²) in [7, 11) is -3.37. The largest absolute Gasteiger partial charge is 0.461 e. The molecule has 0 atom stereocenters. The van der Waals surface area contributed by atoms with Crippen molar-refractivity contribution in [2.45, 2.75) is 52.6 Å². The van der Waals surface area contributed by atoms with Crippen LogP contribution >= 0.6 is 7.60 Å². The van der Waals surface area contributed by atoms with Gasteiger partial charge in [0.15, 0.2) is 0 Å². The zero-order chi connectivity index (χ0) is 18.8. The molecule has 2 rings (SSSR count). The number of carbonyl (C=O) groups is 1. The van der Waals surface area contributed by atoms with E-state index in [1.807, 2.05) is 12.1 Å². The van der Waals surface area contributed by atoms with Gasteiger partial charge in [-0.2, -0.15) is 0 Å². The molecule has 0 radical (unpaired) electrons. The van der Waals surface area contributed by atoms with Crippen LogP contribution in [-0.4, -0.2) is 19.2 Å². The van der Waals surface area contributed by atoms with E-state index in [2.05, 4.69) is 11.6 Å². The van der Waals surface area contributed by atoms with Crippen LogP contribution in [0.25, 0.3) is 0 Å². The minimum Gasteiger partial charge on any atom is -0.461 e. The molecule has 0 spiro atoms. The van der Waals surface area contributed by atoms with E-state index in [4.69, 9.17) is 13.8 Å². The first-order valence-corrected chi connectivity index (χ1v) is 10.8. The zero-order valence-corrected chi connectivity index (χ0v) is 16.4. The monoisotopic (exact) mass is 378 g/mol. The molecule has 1 fully saturated rings. The summed E-state index contributed by atoms with van der Waals surface area (Å²) in [4.78, 5) is 12.1. The summed E-state index contributed by atoms with van der Waals surface area (Å²) in [6, 6.07) is 7.31. The predicted octanol–water partition coefficient (Wildman–Crippen LogP) is 4.89. The molecule has 1 aromatic rings. The average molecular weight is 378 g/mol. The van der Waals surface area contributed by atoms with E-state index in [9.17, 15) is 9.36 Å². The van der Waals surface area contributed by atoms with Gasteiger partial charge in [0.25, 0.3) is 0 Å². The molecule has 0 aliphatic heterocycles. The highest BCUT2D eigenvalue weighted by molar-refractivity contribution is 7.59. The predicted molar refractivity (Wildman–Crippen MR) is 101 cm³/mol. The summed E-state index contributed by atoms with van der Waals surface area (Å²) in [5.74, 6) is 2.79. The average Bonchev–Trinajstić information content (AvgIpc) is 2.66. The molecule has 0 bridgehead atoms. The smallest absolute Gasteiger partial charge is 0.405 e. The number of carbonyl (C=O) groups excluding carboxylic acids is 1. The number of hydrogen-bond donors (Lipinski definition) is 0. The number of ether oxygens (including phenoxy) is 1. The van der Waals surface area contributed by atoms with Crippen molar-refractivity contribution in [3.05, 3.63) is 35.4 Å². The normalized spacial score (nSPS) is 15.2. The summed E-state index contributed by atoms with van der Waals surface area (Å²) in [6.45, 7) is 4.31. The van der Waals surface area contributed by atoms with Crippen molar-refractivity contribution in [3.8, 4) is 11.6 Å². The Morgan fingerprint density at radius 2 is 1.69 bits per heavy atom. The second-order valence-electron chi connectivity index (χ2n) is 6.21. The number of hydrogen-bond acceptors (Lipinski definition) is 5. The van der Waals surface area contributed by atoms with Gasteiger partial charge >= 0.3 is 13.6 Å². The van der Waals surface area contributed by atoms with E-state index in [0.717, 1.165) is 31.2 Å². The fraction of sp³-hybridized carbons (Fsp3) is 0.550. The maximum absolute atomic E-state index is 12.3. The Hall–Kier alpha value is -1.60. The molecule has 5 nitrogen and oxygen atoms in total. The van der Waals surface area contributed by atoms with Crippen molar-refractivity contribution in [1.82, 2.24) is 0 Å². The Morgan fingerprint density at radius 1 is 1.08 bits per heavy atom. The van der Waals surface area contributed by atoms with Gasteiger partial charge in [0.2, 0.25) is 0 Å². The van der Waals surface area contributed by atoms with E-state index in [1.165, 1.54) is 6.42 Å². The SMILES string of the molecule is CCOP(=O)(C#Cc1ccc(COC(=O)C2CCCCC2)cc1)OCC. The molecule has 1 aromatic carbocycles. The highest BCUT2D eigenvalue weighted by atomic mass is 31.2. The van der Waals surface area contributed by atoms with Crippen molar-refractivity contribution in [2.24, 2.45) is 5.92 Å². The Bertz CT molecular complexity index is 670. The maximum atomic E-state index is 12.3. The lowest BCUT2D eigenvalue weighted by molar-refractivity contribution is -0.151. The molecule has 0 aromatic heterocycles. The van der Waals surface area contributed by atoms with Crippen LogP contribution in [0.2, 0.25) is 0 Å². The molecule has 1 saturated carbocycles. The molecule has 26 heavy (non-hydrogen) atoms. The van der Waals surface area contributed by atoms with Crippen molar-refractivity contribution < 1.29 is 23.1 Å². The molecule has 0 heterocycles. The Morgan fingerprint density at radius 3 is 2.27 bits per heavy atom. The highest BCUT2D eigenvalue weighted by Crippen LogP contribution is 2.46. The fourth-order valence-electron chi connectivity index (χ4n) is 2.87. The maximum Gasteiger partial charge on any atom is 0.405 e. The van der Waals surface area contributed by atoms with Gasteiger partial charge in [-0.1, -0.05) is 37.3 Å². The molecular weight excluding hydrogens is 351 g/mol. The van der Waals surface area contributed by atoms with Gasteiger partial charge in [0, 0.05) is 11.2 Å². The second kappa shape index (κ2) is 10.5. The Kier molecular flexibility index (Phi) is 8.38. The van der Waals surface area contributed by atoms with Crippen LogP contribution in [0, 0.1) is 17.5 Å². The molecule has 0 unspecified atom stereocenters. The number of esters is 1. The molecule has 142 valence electrons. The molecule has 0 N–H and O–H groups in total. The van der Waals surface area contributed by atoms with E-state index in [1.54, 1.807) is 26.0 Å². The first-order valence-electron chi connectivity index (χ1n) is 9.24.